The predicted molar refractivity (Wildman–Crippen MR) is 71.9 cm³/mol. The smallest absolute Gasteiger partial charge is 0.252 e. The molecule has 1 aromatic heterocycles. The van der Waals surface area contributed by atoms with Crippen LogP contribution >= 0.6 is 0 Å². The molecule has 0 spiro atoms. The van der Waals surface area contributed by atoms with Gasteiger partial charge in [0.1, 0.15) is 0 Å². The quantitative estimate of drug-likeness (QED) is 0.821. The van der Waals surface area contributed by atoms with Gasteiger partial charge in [-0.05, 0) is 32.9 Å². The van der Waals surface area contributed by atoms with Crippen LogP contribution in [0, 0.1) is 13.8 Å². The fourth-order valence-corrected chi connectivity index (χ4v) is 2.56. The van der Waals surface area contributed by atoms with Gasteiger partial charge in [0.15, 0.2) is 0 Å². The Morgan fingerprint density at radius 2 is 2.28 bits per heavy atom. The number of hydrogen-bond acceptors (Lipinski definition) is 4. The number of carbonyl (C=O) groups excluding carboxylic acids is 1. The molecule has 1 aromatic rings. The van der Waals surface area contributed by atoms with Crippen LogP contribution in [0.4, 0.5) is 5.69 Å². The zero-order chi connectivity index (χ0) is 13.3. The third-order valence-corrected chi connectivity index (χ3v) is 3.52. The summed E-state index contributed by atoms with van der Waals surface area (Å²) in [5.41, 5.74) is 8.52. The summed E-state index contributed by atoms with van der Waals surface area (Å²) in [6, 6.07) is 2.34. The van der Waals surface area contributed by atoms with Crippen LogP contribution in [0.5, 0.6) is 0 Å². The van der Waals surface area contributed by atoms with E-state index < -0.39 is 5.91 Å². The largest absolute Gasteiger partial charge is 0.370 e. The molecule has 98 valence electrons. The zero-order valence-electron chi connectivity index (χ0n) is 11.2. The molecular weight excluding hydrogens is 228 g/mol. The molecule has 1 aliphatic rings. The first-order valence-electron chi connectivity index (χ1n) is 6.22. The third kappa shape index (κ3) is 2.31. The van der Waals surface area contributed by atoms with Crippen molar-refractivity contribution in [2.75, 3.05) is 25.0 Å². The number of nitrogens with two attached hydrogens (primary N) is 1. The molecule has 0 aromatic carbocycles. The Morgan fingerprint density at radius 1 is 1.56 bits per heavy atom. The first-order chi connectivity index (χ1) is 8.50. The highest BCUT2D eigenvalue weighted by molar-refractivity contribution is 5.99. The minimum Gasteiger partial charge on any atom is -0.370 e. The number of nitrogens with zero attached hydrogens (tertiary/aromatic N) is 2. The molecule has 5 nitrogen and oxygen atoms in total. The van der Waals surface area contributed by atoms with E-state index in [2.05, 4.69) is 15.2 Å². The number of primary amides is 1. The average molecular weight is 248 g/mol. The molecule has 1 atom stereocenters. The average Bonchev–Trinajstić information content (AvgIpc) is 2.79. The van der Waals surface area contributed by atoms with Gasteiger partial charge >= 0.3 is 0 Å². The van der Waals surface area contributed by atoms with E-state index in [1.807, 2.05) is 27.0 Å². The number of amides is 1. The lowest BCUT2D eigenvalue weighted by atomic mass is 10.1. The number of anilines is 1. The van der Waals surface area contributed by atoms with E-state index >= 15 is 0 Å². The fourth-order valence-electron chi connectivity index (χ4n) is 2.56. The lowest BCUT2D eigenvalue weighted by molar-refractivity contribution is 0.0999. The van der Waals surface area contributed by atoms with Crippen molar-refractivity contribution in [1.82, 2.24) is 10.3 Å². The van der Waals surface area contributed by atoms with Gasteiger partial charge in [0, 0.05) is 25.3 Å². The van der Waals surface area contributed by atoms with Gasteiger partial charge in [-0.15, -0.1) is 0 Å². The maximum absolute atomic E-state index is 11.6. The SMILES string of the molecule is Cc1cc(N(C)C2CCNC2)c(C(N)=O)c(C)n1. The van der Waals surface area contributed by atoms with Crippen molar-refractivity contribution >= 4 is 11.6 Å². The highest BCUT2D eigenvalue weighted by atomic mass is 16.1. The summed E-state index contributed by atoms with van der Waals surface area (Å²) in [5.74, 6) is -0.409. The van der Waals surface area contributed by atoms with Crippen molar-refractivity contribution in [1.29, 1.82) is 0 Å². The van der Waals surface area contributed by atoms with Crippen LogP contribution < -0.4 is 16.0 Å². The maximum Gasteiger partial charge on any atom is 0.252 e. The van der Waals surface area contributed by atoms with E-state index in [1.54, 1.807) is 0 Å². The molecule has 2 heterocycles. The highest BCUT2D eigenvalue weighted by Gasteiger charge is 2.24. The van der Waals surface area contributed by atoms with Gasteiger partial charge in [0.25, 0.3) is 5.91 Å². The summed E-state index contributed by atoms with van der Waals surface area (Å²) in [6.07, 6.45) is 1.08. The molecule has 1 fully saturated rings. The molecule has 1 unspecified atom stereocenters. The second-order valence-corrected chi connectivity index (χ2v) is 4.86. The standard InChI is InChI=1S/C13H20N4O/c1-8-6-11(12(13(14)18)9(2)16-8)17(3)10-4-5-15-7-10/h6,10,15H,4-5,7H2,1-3H3,(H2,14,18). The number of rotatable bonds is 3. The number of aromatic nitrogens is 1. The van der Waals surface area contributed by atoms with Gasteiger partial charge < -0.3 is 16.0 Å². The van der Waals surface area contributed by atoms with Crippen molar-refractivity contribution in [3.05, 3.63) is 23.0 Å². The molecule has 1 amide bonds. The summed E-state index contributed by atoms with van der Waals surface area (Å²) in [4.78, 5) is 18.1. The van der Waals surface area contributed by atoms with E-state index in [0.29, 0.717) is 17.3 Å². The summed E-state index contributed by atoms with van der Waals surface area (Å²) >= 11 is 0. The Kier molecular flexibility index (Phi) is 3.52. The molecule has 0 bridgehead atoms. The Morgan fingerprint density at radius 3 is 2.83 bits per heavy atom. The Balaban J connectivity index is 2.44. The third-order valence-electron chi connectivity index (χ3n) is 3.52. The van der Waals surface area contributed by atoms with Crippen LogP contribution in [0.25, 0.3) is 0 Å². The van der Waals surface area contributed by atoms with Gasteiger partial charge in [-0.1, -0.05) is 0 Å². The van der Waals surface area contributed by atoms with Crippen LogP contribution in [-0.2, 0) is 0 Å². The number of pyridine rings is 1. The Labute approximate surface area is 107 Å². The molecule has 2 rings (SSSR count). The monoisotopic (exact) mass is 248 g/mol. The molecule has 0 saturated carbocycles. The lowest BCUT2D eigenvalue weighted by Crippen LogP contribution is -2.35. The van der Waals surface area contributed by atoms with E-state index in [0.717, 1.165) is 30.9 Å². The van der Waals surface area contributed by atoms with Crippen LogP contribution in [0.15, 0.2) is 6.07 Å². The minimum atomic E-state index is -0.409. The van der Waals surface area contributed by atoms with Gasteiger partial charge in [-0.3, -0.25) is 9.78 Å². The van der Waals surface area contributed by atoms with E-state index in [1.165, 1.54) is 0 Å². The summed E-state index contributed by atoms with van der Waals surface area (Å²) in [6.45, 7) is 5.72. The molecule has 18 heavy (non-hydrogen) atoms. The molecule has 5 heteroatoms. The van der Waals surface area contributed by atoms with Crippen LogP contribution in [0.2, 0.25) is 0 Å². The van der Waals surface area contributed by atoms with Crippen LogP contribution in [0.1, 0.15) is 28.2 Å². The van der Waals surface area contributed by atoms with Gasteiger partial charge in [0.2, 0.25) is 0 Å². The van der Waals surface area contributed by atoms with Crippen molar-refractivity contribution in [2.45, 2.75) is 26.3 Å². The first kappa shape index (κ1) is 12.8. The molecule has 3 N–H and O–H groups in total. The topological polar surface area (TPSA) is 71.2 Å². The van der Waals surface area contributed by atoms with Crippen molar-refractivity contribution in [3.8, 4) is 0 Å². The normalized spacial score (nSPS) is 18.9. The van der Waals surface area contributed by atoms with Crippen LogP contribution in [0.3, 0.4) is 0 Å². The van der Waals surface area contributed by atoms with Crippen LogP contribution in [-0.4, -0.2) is 37.1 Å². The number of carbonyl (C=O) groups is 1. The maximum atomic E-state index is 11.6. The first-order valence-corrected chi connectivity index (χ1v) is 6.22. The van der Waals surface area contributed by atoms with Gasteiger partial charge in [0.05, 0.1) is 16.9 Å². The molecule has 0 radical (unpaired) electrons. The number of nitrogens with one attached hydrogen (secondary N) is 1. The van der Waals surface area contributed by atoms with E-state index in [4.69, 9.17) is 5.73 Å². The van der Waals surface area contributed by atoms with Crippen molar-refractivity contribution in [2.24, 2.45) is 5.73 Å². The number of hydrogen-bond donors (Lipinski definition) is 2. The molecule has 1 aliphatic heterocycles. The van der Waals surface area contributed by atoms with E-state index in [9.17, 15) is 4.79 Å². The van der Waals surface area contributed by atoms with Crippen molar-refractivity contribution < 1.29 is 4.79 Å². The minimum absolute atomic E-state index is 0.407. The highest BCUT2D eigenvalue weighted by Crippen LogP contribution is 2.25. The second kappa shape index (κ2) is 4.94. The van der Waals surface area contributed by atoms with Crippen molar-refractivity contribution in [3.63, 3.8) is 0 Å². The van der Waals surface area contributed by atoms with Gasteiger partial charge in [-0.2, -0.15) is 0 Å². The lowest BCUT2D eigenvalue weighted by Gasteiger charge is -2.28. The molecule has 1 saturated heterocycles. The van der Waals surface area contributed by atoms with E-state index in [-0.39, 0.29) is 0 Å². The fraction of sp³-hybridized carbons (Fsp3) is 0.538. The zero-order valence-corrected chi connectivity index (χ0v) is 11.2. The predicted octanol–water partition coefficient (Wildman–Crippen LogP) is 0.595. The summed E-state index contributed by atoms with van der Waals surface area (Å²) in [5, 5.41) is 3.33. The second-order valence-electron chi connectivity index (χ2n) is 4.86. The Hall–Kier alpha value is -1.62. The Bertz CT molecular complexity index is 466. The number of aryl methyl sites for hydroxylation is 2. The number of likely N-dealkylation sites (N-methyl/N-ethyl adjacent to an activating group) is 1. The molecule has 0 aliphatic carbocycles. The van der Waals surface area contributed by atoms with Gasteiger partial charge in [-0.25, -0.2) is 0 Å². The summed E-state index contributed by atoms with van der Waals surface area (Å²) < 4.78 is 0. The molecular formula is C13H20N4O. The summed E-state index contributed by atoms with van der Waals surface area (Å²) in [7, 11) is 2.01.